The second-order valence-corrected chi connectivity index (χ2v) is 7.03. The SMILES string of the molecule is O=C(CCCCc1cccs1)NCc1nc(-c2cccs2)no1. The normalized spacial score (nSPS) is 10.8. The lowest BCUT2D eigenvalue weighted by atomic mass is 10.1. The molecule has 7 heteroatoms. The highest BCUT2D eigenvalue weighted by molar-refractivity contribution is 7.13. The molecule has 23 heavy (non-hydrogen) atoms. The number of nitrogens with one attached hydrogen (secondary N) is 1. The molecule has 0 aromatic carbocycles. The predicted molar refractivity (Wildman–Crippen MR) is 91.3 cm³/mol. The van der Waals surface area contributed by atoms with Crippen LogP contribution in [0, 0.1) is 0 Å². The minimum atomic E-state index is 0.0204. The van der Waals surface area contributed by atoms with E-state index >= 15 is 0 Å². The molecule has 0 aliphatic carbocycles. The van der Waals surface area contributed by atoms with Crippen LogP contribution in [0.2, 0.25) is 0 Å². The molecule has 0 aliphatic rings. The van der Waals surface area contributed by atoms with Gasteiger partial charge in [-0.15, -0.1) is 22.7 Å². The average molecular weight is 347 g/mol. The predicted octanol–water partition coefficient (Wildman–Crippen LogP) is 3.89. The first-order valence-electron chi connectivity index (χ1n) is 7.47. The molecule has 3 heterocycles. The summed E-state index contributed by atoms with van der Waals surface area (Å²) in [6.07, 6.45) is 3.47. The van der Waals surface area contributed by atoms with Crippen LogP contribution in [0.5, 0.6) is 0 Å². The van der Waals surface area contributed by atoms with Gasteiger partial charge in [0.1, 0.15) is 0 Å². The zero-order chi connectivity index (χ0) is 15.9. The van der Waals surface area contributed by atoms with E-state index in [2.05, 4.69) is 33.0 Å². The molecule has 120 valence electrons. The van der Waals surface area contributed by atoms with Gasteiger partial charge >= 0.3 is 0 Å². The van der Waals surface area contributed by atoms with Crippen LogP contribution in [0.3, 0.4) is 0 Å². The Kier molecular flexibility index (Phi) is 5.55. The minimum absolute atomic E-state index is 0.0204. The van der Waals surface area contributed by atoms with Crippen molar-refractivity contribution in [2.24, 2.45) is 0 Å². The molecule has 0 saturated heterocycles. The monoisotopic (exact) mass is 347 g/mol. The van der Waals surface area contributed by atoms with Crippen molar-refractivity contribution in [3.63, 3.8) is 0 Å². The molecule has 3 aromatic rings. The lowest BCUT2D eigenvalue weighted by Gasteiger charge is -2.02. The van der Waals surface area contributed by atoms with E-state index in [-0.39, 0.29) is 12.5 Å². The fourth-order valence-electron chi connectivity index (χ4n) is 2.13. The van der Waals surface area contributed by atoms with Crippen LogP contribution in [0.25, 0.3) is 10.7 Å². The van der Waals surface area contributed by atoms with Gasteiger partial charge < -0.3 is 9.84 Å². The van der Waals surface area contributed by atoms with Gasteiger partial charge in [0.2, 0.25) is 17.6 Å². The fraction of sp³-hybridized carbons (Fsp3) is 0.312. The number of nitrogens with zero attached hydrogens (tertiary/aromatic N) is 2. The average Bonchev–Trinajstić information content (AvgIpc) is 3.31. The largest absolute Gasteiger partial charge is 0.347 e. The maximum Gasteiger partial charge on any atom is 0.246 e. The Morgan fingerprint density at radius 2 is 2.04 bits per heavy atom. The molecule has 0 spiro atoms. The van der Waals surface area contributed by atoms with Crippen molar-refractivity contribution >= 4 is 28.6 Å². The maximum atomic E-state index is 11.8. The third-order valence-corrected chi connectivity index (χ3v) is 5.11. The first kappa shape index (κ1) is 15.9. The smallest absolute Gasteiger partial charge is 0.246 e. The zero-order valence-corrected chi connectivity index (χ0v) is 14.2. The van der Waals surface area contributed by atoms with Crippen LogP contribution in [0.1, 0.15) is 30.0 Å². The van der Waals surface area contributed by atoms with E-state index in [9.17, 15) is 4.79 Å². The van der Waals surface area contributed by atoms with E-state index < -0.39 is 0 Å². The summed E-state index contributed by atoms with van der Waals surface area (Å²) in [7, 11) is 0. The van der Waals surface area contributed by atoms with Crippen molar-refractivity contribution in [1.29, 1.82) is 0 Å². The minimum Gasteiger partial charge on any atom is -0.347 e. The summed E-state index contributed by atoms with van der Waals surface area (Å²) in [5, 5.41) is 10.8. The number of aryl methyl sites for hydroxylation is 1. The van der Waals surface area contributed by atoms with E-state index in [0.29, 0.717) is 18.1 Å². The van der Waals surface area contributed by atoms with E-state index in [1.54, 1.807) is 22.7 Å². The Bertz CT molecular complexity index is 720. The van der Waals surface area contributed by atoms with Crippen LogP contribution in [0.4, 0.5) is 0 Å². The van der Waals surface area contributed by atoms with Gasteiger partial charge in [-0.3, -0.25) is 4.79 Å². The molecular weight excluding hydrogens is 330 g/mol. The molecular formula is C16H17N3O2S2. The van der Waals surface area contributed by atoms with Crippen molar-refractivity contribution in [2.45, 2.75) is 32.2 Å². The van der Waals surface area contributed by atoms with Gasteiger partial charge in [0.05, 0.1) is 11.4 Å². The van der Waals surface area contributed by atoms with Crippen molar-refractivity contribution < 1.29 is 9.32 Å². The molecule has 3 aromatic heterocycles. The summed E-state index contributed by atoms with van der Waals surface area (Å²) >= 11 is 3.32. The standard InChI is InChI=1S/C16H17N3O2S2/c20-14(8-2-1-5-12-6-3-9-22-12)17-11-15-18-16(19-21-15)13-7-4-10-23-13/h3-4,6-7,9-10H,1-2,5,8,11H2,(H,17,20). The maximum absolute atomic E-state index is 11.8. The highest BCUT2D eigenvalue weighted by Crippen LogP contribution is 2.21. The number of carbonyl (C=O) groups excluding carboxylic acids is 1. The quantitative estimate of drug-likeness (QED) is 0.628. The first-order chi connectivity index (χ1) is 11.3. The molecule has 0 aliphatic heterocycles. The van der Waals surface area contributed by atoms with Gasteiger partial charge in [-0.25, -0.2) is 0 Å². The third-order valence-electron chi connectivity index (χ3n) is 3.30. The first-order valence-corrected chi connectivity index (χ1v) is 9.23. The van der Waals surface area contributed by atoms with Crippen LogP contribution < -0.4 is 5.32 Å². The van der Waals surface area contributed by atoms with Gasteiger partial charge in [0, 0.05) is 11.3 Å². The second-order valence-electron chi connectivity index (χ2n) is 5.05. The van der Waals surface area contributed by atoms with Gasteiger partial charge in [-0.1, -0.05) is 17.3 Å². The van der Waals surface area contributed by atoms with Gasteiger partial charge in [-0.05, 0) is 42.2 Å². The number of unbranched alkanes of at least 4 members (excludes halogenated alkanes) is 1. The van der Waals surface area contributed by atoms with E-state index in [4.69, 9.17) is 4.52 Å². The topological polar surface area (TPSA) is 68.0 Å². The van der Waals surface area contributed by atoms with Gasteiger partial charge in [-0.2, -0.15) is 4.98 Å². The number of hydrogen-bond donors (Lipinski definition) is 1. The molecule has 1 amide bonds. The van der Waals surface area contributed by atoms with E-state index in [1.807, 2.05) is 17.5 Å². The summed E-state index contributed by atoms with van der Waals surface area (Å²) in [5.41, 5.74) is 0. The Labute approximate surface area is 142 Å². The summed E-state index contributed by atoms with van der Waals surface area (Å²) in [6.45, 7) is 0.280. The van der Waals surface area contributed by atoms with Crippen LogP contribution >= 0.6 is 22.7 Å². The molecule has 5 nitrogen and oxygen atoms in total. The zero-order valence-electron chi connectivity index (χ0n) is 12.5. The van der Waals surface area contributed by atoms with Crippen LogP contribution in [0.15, 0.2) is 39.5 Å². The molecule has 1 N–H and O–H groups in total. The van der Waals surface area contributed by atoms with Gasteiger partial charge in [0.15, 0.2) is 0 Å². The van der Waals surface area contributed by atoms with Crippen LogP contribution in [-0.2, 0) is 17.8 Å². The summed E-state index contributed by atoms with van der Waals surface area (Å²) < 4.78 is 5.15. The molecule has 0 saturated carbocycles. The van der Waals surface area contributed by atoms with Crippen LogP contribution in [-0.4, -0.2) is 16.0 Å². The Balaban J connectivity index is 1.36. The van der Waals surface area contributed by atoms with Gasteiger partial charge in [0.25, 0.3) is 0 Å². The number of carbonyl (C=O) groups is 1. The highest BCUT2D eigenvalue weighted by Gasteiger charge is 2.10. The Morgan fingerprint density at radius 1 is 1.17 bits per heavy atom. The summed E-state index contributed by atoms with van der Waals surface area (Å²) in [6, 6.07) is 8.06. The molecule has 0 bridgehead atoms. The number of hydrogen-bond acceptors (Lipinski definition) is 6. The summed E-state index contributed by atoms with van der Waals surface area (Å²) in [4.78, 5) is 18.4. The molecule has 0 unspecified atom stereocenters. The fourth-order valence-corrected chi connectivity index (χ4v) is 3.54. The number of amides is 1. The Morgan fingerprint density at radius 3 is 2.83 bits per heavy atom. The van der Waals surface area contributed by atoms with Crippen molar-refractivity contribution in [1.82, 2.24) is 15.5 Å². The van der Waals surface area contributed by atoms with Crippen molar-refractivity contribution in [3.8, 4) is 10.7 Å². The summed E-state index contributed by atoms with van der Waals surface area (Å²) in [5.74, 6) is 1.02. The molecule has 0 radical (unpaired) electrons. The number of thiophene rings is 2. The lowest BCUT2D eigenvalue weighted by molar-refractivity contribution is -0.121. The molecule has 0 atom stereocenters. The number of aromatic nitrogens is 2. The highest BCUT2D eigenvalue weighted by atomic mass is 32.1. The number of rotatable bonds is 8. The Hall–Kier alpha value is -1.99. The molecule has 3 rings (SSSR count). The van der Waals surface area contributed by atoms with E-state index in [1.165, 1.54) is 4.88 Å². The lowest BCUT2D eigenvalue weighted by Crippen LogP contribution is -2.22. The van der Waals surface area contributed by atoms with Crippen molar-refractivity contribution in [2.75, 3.05) is 0 Å². The van der Waals surface area contributed by atoms with E-state index in [0.717, 1.165) is 24.1 Å². The molecule has 0 fully saturated rings. The van der Waals surface area contributed by atoms with Crippen molar-refractivity contribution in [3.05, 3.63) is 45.8 Å². The third kappa shape index (κ3) is 4.74. The second kappa shape index (κ2) is 8.03.